The second-order valence-corrected chi connectivity index (χ2v) is 2.73. The lowest BCUT2D eigenvalue weighted by Gasteiger charge is -2.00. The van der Waals surface area contributed by atoms with Crippen molar-refractivity contribution in [2.45, 2.75) is 6.92 Å². The van der Waals surface area contributed by atoms with Crippen LogP contribution in [0.1, 0.15) is 12.5 Å². The summed E-state index contributed by atoms with van der Waals surface area (Å²) >= 11 is 0. The van der Waals surface area contributed by atoms with Crippen molar-refractivity contribution in [1.82, 2.24) is 0 Å². The zero-order valence-electron chi connectivity index (χ0n) is 7.73. The minimum atomic E-state index is -0.668. The van der Waals surface area contributed by atoms with Crippen molar-refractivity contribution in [3.8, 4) is 0 Å². The quantitative estimate of drug-likeness (QED) is 0.326. The van der Waals surface area contributed by atoms with Crippen LogP contribution in [0.2, 0.25) is 0 Å². The fraction of sp³-hybridized carbons (Fsp3) is 0.100. The van der Waals surface area contributed by atoms with Gasteiger partial charge in [0.05, 0.1) is 0 Å². The van der Waals surface area contributed by atoms with Gasteiger partial charge in [0.25, 0.3) is 0 Å². The molecule has 0 aliphatic rings. The van der Waals surface area contributed by atoms with E-state index in [9.17, 15) is 9.59 Å². The molecule has 0 bridgehead atoms. The van der Waals surface area contributed by atoms with E-state index in [2.05, 4.69) is 5.10 Å². The van der Waals surface area contributed by atoms with E-state index < -0.39 is 11.6 Å². The number of carbonyl (C=O) groups is 2. The molecule has 14 heavy (non-hydrogen) atoms. The second-order valence-electron chi connectivity index (χ2n) is 2.73. The molecule has 0 aliphatic carbocycles. The summed E-state index contributed by atoms with van der Waals surface area (Å²) in [5, 5.41) is 3.33. The van der Waals surface area contributed by atoms with Crippen LogP contribution in [0.4, 0.5) is 0 Å². The maximum absolute atomic E-state index is 11.3. The normalized spacial score (nSPS) is 11.1. The molecule has 1 rings (SSSR count). The van der Waals surface area contributed by atoms with Crippen molar-refractivity contribution in [1.29, 1.82) is 0 Å². The highest BCUT2D eigenvalue weighted by Gasteiger charge is 2.17. The van der Waals surface area contributed by atoms with Crippen molar-refractivity contribution in [3.63, 3.8) is 0 Å². The van der Waals surface area contributed by atoms with Gasteiger partial charge >= 0.3 is 0 Å². The molecule has 0 heterocycles. The SMILES string of the molecule is CC(=O)C(=O)C(=NN)c1ccccc1. The number of nitrogens with two attached hydrogens (primary N) is 1. The highest BCUT2D eigenvalue weighted by molar-refractivity contribution is 6.68. The molecule has 0 spiro atoms. The average Bonchev–Trinajstić information content (AvgIpc) is 2.20. The van der Waals surface area contributed by atoms with Gasteiger partial charge in [-0.1, -0.05) is 30.3 Å². The smallest absolute Gasteiger partial charge is 0.248 e. The molecule has 4 nitrogen and oxygen atoms in total. The van der Waals surface area contributed by atoms with E-state index in [0.717, 1.165) is 0 Å². The van der Waals surface area contributed by atoms with Crippen LogP contribution in [-0.4, -0.2) is 17.3 Å². The van der Waals surface area contributed by atoms with E-state index in [-0.39, 0.29) is 5.71 Å². The van der Waals surface area contributed by atoms with E-state index in [1.165, 1.54) is 6.92 Å². The molecule has 0 amide bonds. The Hall–Kier alpha value is -1.97. The lowest BCUT2D eigenvalue weighted by molar-refractivity contribution is -0.131. The zero-order chi connectivity index (χ0) is 10.6. The molecule has 0 fully saturated rings. The third-order valence-electron chi connectivity index (χ3n) is 1.71. The number of carbonyl (C=O) groups excluding carboxylic acids is 2. The molecule has 72 valence electrons. The first-order valence-corrected chi connectivity index (χ1v) is 4.05. The van der Waals surface area contributed by atoms with Crippen LogP contribution in [0.25, 0.3) is 0 Å². The van der Waals surface area contributed by atoms with Crippen LogP contribution in [0.5, 0.6) is 0 Å². The van der Waals surface area contributed by atoms with Crippen molar-refractivity contribution in [3.05, 3.63) is 35.9 Å². The second kappa shape index (κ2) is 4.32. The molecular formula is C10H10N2O2. The molecule has 0 aliphatic heterocycles. The van der Waals surface area contributed by atoms with Crippen LogP contribution >= 0.6 is 0 Å². The van der Waals surface area contributed by atoms with Gasteiger partial charge in [-0.2, -0.15) is 5.10 Å². The number of ketones is 2. The Kier molecular flexibility index (Phi) is 3.12. The number of hydrazone groups is 1. The van der Waals surface area contributed by atoms with Gasteiger partial charge < -0.3 is 5.84 Å². The summed E-state index contributed by atoms with van der Waals surface area (Å²) < 4.78 is 0. The number of rotatable bonds is 3. The predicted molar refractivity (Wildman–Crippen MR) is 52.9 cm³/mol. The number of benzene rings is 1. The third kappa shape index (κ3) is 2.04. The zero-order valence-corrected chi connectivity index (χ0v) is 7.73. The van der Waals surface area contributed by atoms with E-state index in [0.29, 0.717) is 5.56 Å². The number of hydrogen-bond acceptors (Lipinski definition) is 4. The summed E-state index contributed by atoms with van der Waals surface area (Å²) in [5.74, 6) is 3.82. The minimum absolute atomic E-state index is 0.00176. The molecular weight excluding hydrogens is 180 g/mol. The summed E-state index contributed by atoms with van der Waals surface area (Å²) in [6.07, 6.45) is 0. The average molecular weight is 190 g/mol. The molecule has 1 aromatic rings. The van der Waals surface area contributed by atoms with Gasteiger partial charge in [0.15, 0.2) is 0 Å². The number of Topliss-reactive ketones (excluding diaryl/α,β-unsaturated/α-hetero) is 2. The molecule has 0 saturated heterocycles. The summed E-state index contributed by atoms with van der Waals surface area (Å²) in [7, 11) is 0. The summed E-state index contributed by atoms with van der Waals surface area (Å²) in [6, 6.07) is 8.64. The van der Waals surface area contributed by atoms with Crippen LogP contribution in [0.3, 0.4) is 0 Å². The first kappa shape index (κ1) is 10.1. The first-order chi connectivity index (χ1) is 6.66. The molecule has 4 heteroatoms. The van der Waals surface area contributed by atoms with E-state index in [4.69, 9.17) is 5.84 Å². The predicted octanol–water partition coefficient (Wildman–Crippen LogP) is 0.507. The fourth-order valence-electron chi connectivity index (χ4n) is 1.03. The molecule has 0 radical (unpaired) electrons. The maximum Gasteiger partial charge on any atom is 0.248 e. The summed E-state index contributed by atoms with van der Waals surface area (Å²) in [4.78, 5) is 22.1. The lowest BCUT2D eigenvalue weighted by atomic mass is 10.0. The molecule has 2 N–H and O–H groups in total. The van der Waals surface area contributed by atoms with Crippen LogP contribution < -0.4 is 5.84 Å². The highest BCUT2D eigenvalue weighted by atomic mass is 16.2. The first-order valence-electron chi connectivity index (χ1n) is 4.05. The van der Waals surface area contributed by atoms with Crippen molar-refractivity contribution >= 4 is 17.3 Å². The van der Waals surface area contributed by atoms with Gasteiger partial charge in [-0.05, 0) is 0 Å². The van der Waals surface area contributed by atoms with Gasteiger partial charge in [0.2, 0.25) is 11.6 Å². The molecule has 0 aromatic heterocycles. The molecule has 1 aromatic carbocycles. The molecule has 0 atom stereocenters. The number of nitrogens with zero attached hydrogens (tertiary/aromatic N) is 1. The van der Waals surface area contributed by atoms with E-state index in [1.54, 1.807) is 30.3 Å². The Bertz CT molecular complexity index is 382. The monoisotopic (exact) mass is 190 g/mol. The Labute approximate surface area is 81.4 Å². The summed E-state index contributed by atoms with van der Waals surface area (Å²) in [6.45, 7) is 1.19. The van der Waals surface area contributed by atoms with Crippen LogP contribution in [-0.2, 0) is 9.59 Å². The van der Waals surface area contributed by atoms with Crippen molar-refractivity contribution in [2.75, 3.05) is 0 Å². The maximum atomic E-state index is 11.3. The highest BCUT2D eigenvalue weighted by Crippen LogP contribution is 2.01. The fourth-order valence-corrected chi connectivity index (χ4v) is 1.03. The van der Waals surface area contributed by atoms with Crippen molar-refractivity contribution < 1.29 is 9.59 Å². The van der Waals surface area contributed by atoms with Gasteiger partial charge in [-0.25, -0.2) is 0 Å². The standard InChI is InChI=1S/C10H10N2O2/c1-7(13)10(14)9(12-11)8-5-3-2-4-6-8/h2-6H,11H2,1H3. The van der Waals surface area contributed by atoms with Gasteiger partial charge in [0.1, 0.15) is 5.71 Å². The van der Waals surface area contributed by atoms with Gasteiger partial charge in [0, 0.05) is 12.5 Å². The lowest BCUT2D eigenvalue weighted by Crippen LogP contribution is -2.23. The Morgan fingerprint density at radius 1 is 1.21 bits per heavy atom. The molecule has 0 saturated carbocycles. The number of hydrogen-bond donors (Lipinski definition) is 1. The van der Waals surface area contributed by atoms with Gasteiger partial charge in [-0.3, -0.25) is 9.59 Å². The Morgan fingerprint density at radius 2 is 1.79 bits per heavy atom. The van der Waals surface area contributed by atoms with Crippen LogP contribution in [0, 0.1) is 0 Å². The van der Waals surface area contributed by atoms with Crippen molar-refractivity contribution in [2.24, 2.45) is 10.9 Å². The van der Waals surface area contributed by atoms with E-state index in [1.807, 2.05) is 0 Å². The molecule has 0 unspecified atom stereocenters. The van der Waals surface area contributed by atoms with Crippen LogP contribution in [0.15, 0.2) is 35.4 Å². The third-order valence-corrected chi connectivity index (χ3v) is 1.71. The largest absolute Gasteiger partial charge is 0.323 e. The topological polar surface area (TPSA) is 72.5 Å². The van der Waals surface area contributed by atoms with E-state index >= 15 is 0 Å². The van der Waals surface area contributed by atoms with Gasteiger partial charge in [-0.15, -0.1) is 0 Å². The minimum Gasteiger partial charge on any atom is -0.323 e. The Balaban J connectivity index is 3.07. The Morgan fingerprint density at radius 3 is 2.21 bits per heavy atom. The summed E-state index contributed by atoms with van der Waals surface area (Å²) in [5.41, 5.74) is 0.549.